The fraction of sp³-hybridized carbons (Fsp3) is 0.875. The van der Waals surface area contributed by atoms with Crippen molar-refractivity contribution >= 4 is 11.8 Å². The van der Waals surface area contributed by atoms with Gasteiger partial charge in [-0.05, 0) is 19.3 Å². The van der Waals surface area contributed by atoms with Crippen LogP contribution in [0.15, 0.2) is 0 Å². The van der Waals surface area contributed by atoms with Crippen molar-refractivity contribution in [3.05, 3.63) is 0 Å². The molecule has 0 aromatic rings. The van der Waals surface area contributed by atoms with Crippen molar-refractivity contribution in [2.24, 2.45) is 11.7 Å². The van der Waals surface area contributed by atoms with E-state index in [-0.39, 0.29) is 17.9 Å². The summed E-state index contributed by atoms with van der Waals surface area (Å²) in [7, 11) is 0. The van der Waals surface area contributed by atoms with Crippen LogP contribution in [-0.4, -0.2) is 53.8 Å². The zero-order valence-corrected chi connectivity index (χ0v) is 13.2. The molecular formula is C16H29N3O2. The third-order valence-electron chi connectivity index (χ3n) is 4.77. The van der Waals surface area contributed by atoms with Crippen molar-refractivity contribution in [2.75, 3.05) is 26.2 Å². The Morgan fingerprint density at radius 1 is 1.05 bits per heavy atom. The second-order valence-electron chi connectivity index (χ2n) is 6.38. The van der Waals surface area contributed by atoms with E-state index in [0.717, 1.165) is 25.7 Å². The quantitative estimate of drug-likeness (QED) is 0.851. The lowest BCUT2D eigenvalue weighted by Gasteiger charge is -2.38. The van der Waals surface area contributed by atoms with Gasteiger partial charge in [0.05, 0.1) is 6.04 Å². The van der Waals surface area contributed by atoms with Crippen LogP contribution in [0, 0.1) is 5.92 Å². The number of rotatable bonds is 4. The van der Waals surface area contributed by atoms with Crippen molar-refractivity contribution in [1.82, 2.24) is 9.80 Å². The summed E-state index contributed by atoms with van der Waals surface area (Å²) in [6.07, 6.45) is 7.37. The summed E-state index contributed by atoms with van der Waals surface area (Å²) >= 11 is 0. The van der Waals surface area contributed by atoms with Gasteiger partial charge in [-0.1, -0.05) is 32.6 Å². The highest BCUT2D eigenvalue weighted by molar-refractivity contribution is 5.82. The highest BCUT2D eigenvalue weighted by atomic mass is 16.2. The van der Waals surface area contributed by atoms with Gasteiger partial charge in [0.2, 0.25) is 11.8 Å². The van der Waals surface area contributed by atoms with E-state index in [1.54, 1.807) is 0 Å². The number of piperazine rings is 1. The summed E-state index contributed by atoms with van der Waals surface area (Å²) in [6, 6.07) is -0.379. The van der Waals surface area contributed by atoms with E-state index in [0.29, 0.717) is 32.1 Å². The Hall–Kier alpha value is -1.10. The smallest absolute Gasteiger partial charge is 0.239 e. The van der Waals surface area contributed by atoms with Crippen LogP contribution < -0.4 is 5.73 Å². The molecule has 1 heterocycles. The number of hydrogen-bond acceptors (Lipinski definition) is 3. The second kappa shape index (κ2) is 7.78. The van der Waals surface area contributed by atoms with Crippen molar-refractivity contribution in [2.45, 2.75) is 57.9 Å². The topological polar surface area (TPSA) is 66.6 Å². The number of hydrogen-bond donors (Lipinski definition) is 1. The average molecular weight is 295 g/mol. The molecule has 0 radical (unpaired) electrons. The first-order valence-corrected chi connectivity index (χ1v) is 8.46. The summed E-state index contributed by atoms with van der Waals surface area (Å²) in [4.78, 5) is 28.4. The molecule has 2 aliphatic rings. The van der Waals surface area contributed by atoms with Crippen LogP contribution in [-0.2, 0) is 9.59 Å². The van der Waals surface area contributed by atoms with Gasteiger partial charge in [-0.2, -0.15) is 0 Å². The van der Waals surface area contributed by atoms with Crippen LogP contribution in [0.5, 0.6) is 0 Å². The summed E-state index contributed by atoms with van der Waals surface area (Å²) < 4.78 is 0. The molecule has 2 amide bonds. The highest BCUT2D eigenvalue weighted by Crippen LogP contribution is 2.25. The van der Waals surface area contributed by atoms with Gasteiger partial charge in [-0.15, -0.1) is 0 Å². The van der Waals surface area contributed by atoms with Crippen molar-refractivity contribution in [3.8, 4) is 0 Å². The van der Waals surface area contributed by atoms with E-state index in [4.69, 9.17) is 5.73 Å². The Morgan fingerprint density at radius 2 is 1.62 bits per heavy atom. The van der Waals surface area contributed by atoms with E-state index < -0.39 is 0 Å². The van der Waals surface area contributed by atoms with Crippen molar-refractivity contribution < 1.29 is 9.59 Å². The van der Waals surface area contributed by atoms with Crippen molar-refractivity contribution in [3.63, 3.8) is 0 Å². The molecule has 5 heteroatoms. The summed E-state index contributed by atoms with van der Waals surface area (Å²) in [5.74, 6) is 0.574. The molecule has 1 aliphatic heterocycles. The van der Waals surface area contributed by atoms with E-state index in [9.17, 15) is 9.59 Å². The first-order valence-electron chi connectivity index (χ1n) is 8.46. The second-order valence-corrected chi connectivity index (χ2v) is 6.38. The molecule has 1 aliphatic carbocycles. The highest BCUT2D eigenvalue weighted by Gasteiger charge is 2.30. The van der Waals surface area contributed by atoms with Gasteiger partial charge in [-0.3, -0.25) is 9.59 Å². The minimum atomic E-state index is -0.379. The fourth-order valence-electron chi connectivity index (χ4n) is 3.42. The third-order valence-corrected chi connectivity index (χ3v) is 4.77. The van der Waals surface area contributed by atoms with Crippen LogP contribution in [0.3, 0.4) is 0 Å². The Morgan fingerprint density at radius 3 is 2.19 bits per heavy atom. The standard InChI is InChI=1S/C16H29N3O2/c1-2-6-14(17)16(21)19-11-9-18(10-12-19)15(20)13-7-4-3-5-8-13/h13-14H,2-12,17H2,1H3. The monoisotopic (exact) mass is 295 g/mol. The lowest BCUT2D eigenvalue weighted by atomic mass is 9.88. The number of carbonyl (C=O) groups excluding carboxylic acids is 2. The van der Waals surface area contributed by atoms with E-state index >= 15 is 0 Å². The maximum atomic E-state index is 12.5. The minimum absolute atomic E-state index is 0.0432. The van der Waals surface area contributed by atoms with E-state index in [1.807, 2.05) is 16.7 Å². The summed E-state index contributed by atoms with van der Waals surface area (Å²) in [6.45, 7) is 4.64. The molecule has 1 unspecified atom stereocenters. The molecule has 1 saturated carbocycles. The SMILES string of the molecule is CCCC(N)C(=O)N1CCN(C(=O)C2CCCCC2)CC1. The van der Waals surface area contributed by atoms with Crippen LogP contribution in [0.25, 0.3) is 0 Å². The zero-order chi connectivity index (χ0) is 15.2. The Balaban J connectivity index is 1.79. The van der Waals surface area contributed by atoms with E-state index in [1.165, 1.54) is 19.3 Å². The molecule has 1 atom stereocenters. The largest absolute Gasteiger partial charge is 0.339 e. The van der Waals surface area contributed by atoms with Gasteiger partial charge < -0.3 is 15.5 Å². The first kappa shape index (κ1) is 16.3. The normalized spacial score (nSPS) is 22.2. The first-order chi connectivity index (χ1) is 10.1. The van der Waals surface area contributed by atoms with Gasteiger partial charge in [-0.25, -0.2) is 0 Å². The van der Waals surface area contributed by atoms with Crippen LogP contribution >= 0.6 is 0 Å². The molecule has 0 aromatic heterocycles. The van der Waals surface area contributed by atoms with Gasteiger partial charge in [0.25, 0.3) is 0 Å². The number of amides is 2. The lowest BCUT2D eigenvalue weighted by molar-refractivity contribution is -0.143. The molecule has 120 valence electrons. The van der Waals surface area contributed by atoms with Crippen LogP contribution in [0.1, 0.15) is 51.9 Å². The molecule has 21 heavy (non-hydrogen) atoms. The Bertz CT molecular complexity index is 359. The summed E-state index contributed by atoms with van der Waals surface area (Å²) in [5, 5.41) is 0. The van der Waals surface area contributed by atoms with Gasteiger partial charge in [0.15, 0.2) is 0 Å². The molecule has 2 fully saturated rings. The fourth-order valence-corrected chi connectivity index (χ4v) is 3.42. The predicted octanol–water partition coefficient (Wildman–Crippen LogP) is 1.36. The zero-order valence-electron chi connectivity index (χ0n) is 13.2. The molecule has 1 saturated heterocycles. The number of carbonyl (C=O) groups is 2. The number of nitrogens with two attached hydrogens (primary N) is 1. The Kier molecular flexibility index (Phi) is 6.03. The number of nitrogens with zero attached hydrogens (tertiary/aromatic N) is 2. The minimum Gasteiger partial charge on any atom is -0.339 e. The Labute approximate surface area is 127 Å². The molecule has 5 nitrogen and oxygen atoms in total. The molecular weight excluding hydrogens is 266 g/mol. The predicted molar refractivity (Wildman–Crippen MR) is 82.6 cm³/mol. The van der Waals surface area contributed by atoms with Gasteiger partial charge in [0.1, 0.15) is 0 Å². The van der Waals surface area contributed by atoms with Gasteiger partial charge >= 0.3 is 0 Å². The molecule has 0 bridgehead atoms. The van der Waals surface area contributed by atoms with Gasteiger partial charge in [0, 0.05) is 32.1 Å². The molecule has 0 aromatic carbocycles. The van der Waals surface area contributed by atoms with E-state index in [2.05, 4.69) is 0 Å². The van der Waals surface area contributed by atoms with Crippen molar-refractivity contribution in [1.29, 1.82) is 0 Å². The maximum absolute atomic E-state index is 12.5. The molecule has 2 N–H and O–H groups in total. The van der Waals surface area contributed by atoms with Crippen LogP contribution in [0.4, 0.5) is 0 Å². The third kappa shape index (κ3) is 4.19. The maximum Gasteiger partial charge on any atom is 0.239 e. The molecule has 2 rings (SSSR count). The lowest BCUT2D eigenvalue weighted by Crippen LogP contribution is -2.55. The molecule has 0 spiro atoms. The van der Waals surface area contributed by atoms with Crippen LogP contribution in [0.2, 0.25) is 0 Å². The summed E-state index contributed by atoms with van der Waals surface area (Å²) in [5.41, 5.74) is 5.90. The average Bonchev–Trinajstić information content (AvgIpc) is 2.54.